The molecule has 1 aromatic carbocycles. The summed E-state index contributed by atoms with van der Waals surface area (Å²) in [6.45, 7) is 2.79. The Labute approximate surface area is 140 Å². The van der Waals surface area contributed by atoms with Gasteiger partial charge in [-0.25, -0.2) is 0 Å². The lowest BCUT2D eigenvalue weighted by Crippen LogP contribution is -2.28. The van der Waals surface area contributed by atoms with Crippen LogP contribution in [0.25, 0.3) is 0 Å². The second kappa shape index (κ2) is 7.84. The van der Waals surface area contributed by atoms with Gasteiger partial charge in [0.05, 0.1) is 27.6 Å². The second-order valence-corrected chi connectivity index (χ2v) is 6.35. The molecule has 2 amide bonds. The number of halogens is 2. The molecule has 4 nitrogen and oxygen atoms in total. The van der Waals surface area contributed by atoms with Crippen LogP contribution in [0, 0.1) is 11.8 Å². The lowest BCUT2D eigenvalue weighted by Gasteiger charge is -2.09. The first kappa shape index (κ1) is 17.1. The number of hydrogen-bond donors (Lipinski definition) is 2. The first-order valence-corrected chi connectivity index (χ1v) is 8.32. The van der Waals surface area contributed by atoms with Crippen molar-refractivity contribution in [3.8, 4) is 0 Å². The summed E-state index contributed by atoms with van der Waals surface area (Å²) in [5, 5.41) is 6.38. The standard InChI is InChI=1S/C16H20Cl2N2O2/c1-2-3-4-8-19-15(21)10-9-11(10)16(22)20-14-12(17)6-5-7-13(14)18/h5-7,10-11H,2-4,8-9H2,1H3,(H,19,21)(H,20,22). The molecule has 1 aromatic rings. The van der Waals surface area contributed by atoms with Gasteiger partial charge in [0.1, 0.15) is 0 Å². The highest BCUT2D eigenvalue weighted by molar-refractivity contribution is 6.39. The topological polar surface area (TPSA) is 58.2 Å². The van der Waals surface area contributed by atoms with Crippen molar-refractivity contribution in [1.82, 2.24) is 5.32 Å². The number of para-hydroxylation sites is 1. The molecule has 0 saturated heterocycles. The Morgan fingerprint density at radius 3 is 2.41 bits per heavy atom. The Hall–Kier alpha value is -1.26. The van der Waals surface area contributed by atoms with Crippen molar-refractivity contribution in [1.29, 1.82) is 0 Å². The zero-order chi connectivity index (χ0) is 16.1. The van der Waals surface area contributed by atoms with Gasteiger partial charge in [0.25, 0.3) is 0 Å². The predicted molar refractivity (Wildman–Crippen MR) is 89.2 cm³/mol. The van der Waals surface area contributed by atoms with E-state index in [4.69, 9.17) is 23.2 Å². The Morgan fingerprint density at radius 1 is 1.14 bits per heavy atom. The van der Waals surface area contributed by atoms with Crippen LogP contribution in [0.2, 0.25) is 10.0 Å². The summed E-state index contributed by atoms with van der Waals surface area (Å²) in [5.74, 6) is -0.772. The maximum atomic E-state index is 12.2. The molecule has 0 aliphatic heterocycles. The molecule has 6 heteroatoms. The van der Waals surface area contributed by atoms with Gasteiger partial charge in [-0.15, -0.1) is 0 Å². The van der Waals surface area contributed by atoms with Gasteiger partial charge in [-0.2, -0.15) is 0 Å². The van der Waals surface area contributed by atoms with Crippen LogP contribution in [-0.4, -0.2) is 18.4 Å². The summed E-state index contributed by atoms with van der Waals surface area (Å²) < 4.78 is 0. The summed E-state index contributed by atoms with van der Waals surface area (Å²) >= 11 is 12.0. The summed E-state index contributed by atoms with van der Waals surface area (Å²) in [4.78, 5) is 24.1. The number of unbranched alkanes of at least 4 members (excludes halogenated alkanes) is 2. The van der Waals surface area contributed by atoms with Crippen LogP contribution in [0.1, 0.15) is 32.6 Å². The van der Waals surface area contributed by atoms with Crippen molar-refractivity contribution in [3.05, 3.63) is 28.2 Å². The molecule has 22 heavy (non-hydrogen) atoms. The van der Waals surface area contributed by atoms with Crippen LogP contribution < -0.4 is 10.6 Å². The molecule has 120 valence electrons. The quantitative estimate of drug-likeness (QED) is 0.739. The van der Waals surface area contributed by atoms with Crippen molar-refractivity contribution in [3.63, 3.8) is 0 Å². The number of carbonyl (C=O) groups excluding carboxylic acids is 2. The zero-order valence-electron chi connectivity index (χ0n) is 12.5. The van der Waals surface area contributed by atoms with Crippen molar-refractivity contribution in [2.45, 2.75) is 32.6 Å². The van der Waals surface area contributed by atoms with E-state index in [9.17, 15) is 9.59 Å². The Balaban J connectivity index is 1.82. The Kier molecular flexibility index (Phi) is 6.09. The van der Waals surface area contributed by atoms with Crippen molar-refractivity contribution in [2.75, 3.05) is 11.9 Å². The molecule has 2 unspecified atom stereocenters. The largest absolute Gasteiger partial charge is 0.356 e. The number of rotatable bonds is 7. The third kappa shape index (κ3) is 4.37. The van der Waals surface area contributed by atoms with Gasteiger partial charge in [0.2, 0.25) is 11.8 Å². The van der Waals surface area contributed by atoms with E-state index >= 15 is 0 Å². The van der Waals surface area contributed by atoms with Gasteiger partial charge in [-0.05, 0) is 25.0 Å². The van der Waals surface area contributed by atoms with Gasteiger partial charge in [-0.1, -0.05) is 49.0 Å². The van der Waals surface area contributed by atoms with Crippen molar-refractivity contribution < 1.29 is 9.59 Å². The summed E-state index contributed by atoms with van der Waals surface area (Å²) in [6.07, 6.45) is 3.76. The highest BCUT2D eigenvalue weighted by Gasteiger charge is 2.48. The molecule has 0 bridgehead atoms. The van der Waals surface area contributed by atoms with Crippen LogP contribution in [0.5, 0.6) is 0 Å². The number of benzene rings is 1. The summed E-state index contributed by atoms with van der Waals surface area (Å²) in [5.41, 5.74) is 0.407. The summed E-state index contributed by atoms with van der Waals surface area (Å²) in [7, 11) is 0. The third-order valence-corrected chi connectivity index (χ3v) is 4.38. The fourth-order valence-electron chi connectivity index (χ4n) is 2.33. The average molecular weight is 343 g/mol. The second-order valence-electron chi connectivity index (χ2n) is 5.53. The normalized spacial score (nSPS) is 19.6. The van der Waals surface area contributed by atoms with E-state index in [1.165, 1.54) is 0 Å². The Bertz CT molecular complexity index is 543. The number of hydrogen-bond acceptors (Lipinski definition) is 2. The van der Waals surface area contributed by atoms with E-state index < -0.39 is 0 Å². The van der Waals surface area contributed by atoms with E-state index in [0.717, 1.165) is 19.3 Å². The smallest absolute Gasteiger partial charge is 0.228 e. The molecule has 0 heterocycles. The van der Waals surface area contributed by atoms with Crippen molar-refractivity contribution in [2.24, 2.45) is 11.8 Å². The molecular weight excluding hydrogens is 323 g/mol. The number of nitrogens with one attached hydrogen (secondary N) is 2. The molecule has 1 aliphatic rings. The monoisotopic (exact) mass is 342 g/mol. The van der Waals surface area contributed by atoms with Crippen LogP contribution in [0.15, 0.2) is 18.2 Å². The molecule has 2 N–H and O–H groups in total. The highest BCUT2D eigenvalue weighted by Crippen LogP contribution is 2.40. The Morgan fingerprint density at radius 2 is 1.77 bits per heavy atom. The molecule has 2 rings (SSSR count). The van der Waals surface area contributed by atoms with Crippen LogP contribution in [0.4, 0.5) is 5.69 Å². The maximum Gasteiger partial charge on any atom is 0.228 e. The molecule has 1 fully saturated rings. The van der Waals surface area contributed by atoms with Gasteiger partial charge >= 0.3 is 0 Å². The third-order valence-electron chi connectivity index (χ3n) is 3.75. The van der Waals surface area contributed by atoms with E-state index in [1.807, 2.05) is 0 Å². The highest BCUT2D eigenvalue weighted by atomic mass is 35.5. The van der Waals surface area contributed by atoms with Gasteiger partial charge in [0.15, 0.2) is 0 Å². The van der Waals surface area contributed by atoms with Crippen LogP contribution in [-0.2, 0) is 9.59 Å². The molecular formula is C16H20Cl2N2O2. The molecule has 0 spiro atoms. The number of carbonyl (C=O) groups is 2. The van der Waals surface area contributed by atoms with Gasteiger partial charge in [-0.3, -0.25) is 9.59 Å². The summed E-state index contributed by atoms with van der Waals surface area (Å²) in [6, 6.07) is 5.03. The molecule has 0 radical (unpaired) electrons. The van der Waals surface area contributed by atoms with Crippen molar-refractivity contribution >= 4 is 40.7 Å². The molecule has 1 saturated carbocycles. The van der Waals surface area contributed by atoms with E-state index in [1.54, 1.807) is 18.2 Å². The first-order valence-electron chi connectivity index (χ1n) is 7.57. The van der Waals surface area contributed by atoms with Gasteiger partial charge < -0.3 is 10.6 Å². The van der Waals surface area contributed by atoms with Crippen LogP contribution in [0.3, 0.4) is 0 Å². The van der Waals surface area contributed by atoms with Gasteiger partial charge in [0, 0.05) is 6.54 Å². The minimum atomic E-state index is -0.293. The lowest BCUT2D eigenvalue weighted by atomic mass is 10.2. The zero-order valence-corrected chi connectivity index (χ0v) is 14.0. The predicted octanol–water partition coefficient (Wildman–Crippen LogP) is 3.87. The molecule has 0 aromatic heterocycles. The lowest BCUT2D eigenvalue weighted by molar-refractivity contribution is -0.125. The minimum absolute atomic E-state index is 0.0403. The fraction of sp³-hybridized carbons (Fsp3) is 0.500. The SMILES string of the molecule is CCCCCNC(=O)C1CC1C(=O)Nc1c(Cl)cccc1Cl. The molecule has 1 aliphatic carbocycles. The maximum absolute atomic E-state index is 12.2. The minimum Gasteiger partial charge on any atom is -0.356 e. The first-order chi connectivity index (χ1) is 10.5. The number of anilines is 1. The molecule has 2 atom stereocenters. The van der Waals surface area contributed by atoms with Crippen LogP contribution >= 0.6 is 23.2 Å². The fourth-order valence-corrected chi connectivity index (χ4v) is 2.82. The van der Waals surface area contributed by atoms with E-state index in [-0.39, 0.29) is 23.7 Å². The average Bonchev–Trinajstić information content (AvgIpc) is 3.28. The number of amides is 2. The van der Waals surface area contributed by atoms with E-state index in [2.05, 4.69) is 17.6 Å². The van der Waals surface area contributed by atoms with E-state index in [0.29, 0.717) is 28.7 Å².